The Kier molecular flexibility index (Phi) is 5.20. The van der Waals surface area contributed by atoms with Crippen LogP contribution >= 0.6 is 0 Å². The van der Waals surface area contributed by atoms with Crippen molar-refractivity contribution in [2.75, 3.05) is 7.11 Å². The van der Waals surface area contributed by atoms with Crippen LogP contribution in [-0.2, 0) is 6.54 Å². The van der Waals surface area contributed by atoms with Gasteiger partial charge in [-0.3, -0.25) is 0 Å². The molecule has 0 spiro atoms. The van der Waals surface area contributed by atoms with E-state index < -0.39 is 0 Å². The average Bonchev–Trinajstić information content (AvgIpc) is 2.86. The van der Waals surface area contributed by atoms with E-state index in [2.05, 4.69) is 17.0 Å². The fourth-order valence-electron chi connectivity index (χ4n) is 2.18. The molecule has 2 aromatic rings. The summed E-state index contributed by atoms with van der Waals surface area (Å²) in [6, 6.07) is 7.59. The molecule has 0 amide bonds. The Hall–Kier alpha value is -2.04. The third kappa shape index (κ3) is 3.97. The monoisotopic (exact) mass is 289 g/mol. The van der Waals surface area contributed by atoms with Gasteiger partial charge in [-0.25, -0.2) is 9.67 Å². The molecule has 1 heterocycles. The van der Waals surface area contributed by atoms with Crippen molar-refractivity contribution in [3.63, 3.8) is 0 Å². The van der Waals surface area contributed by atoms with Crippen molar-refractivity contribution in [1.29, 1.82) is 0 Å². The van der Waals surface area contributed by atoms with Gasteiger partial charge in [0.25, 0.3) is 0 Å². The Bertz CT molecular complexity index is 581. The van der Waals surface area contributed by atoms with Crippen molar-refractivity contribution >= 4 is 0 Å². The molecule has 2 rings (SSSR count). The summed E-state index contributed by atoms with van der Waals surface area (Å²) in [7, 11) is 1.65. The summed E-state index contributed by atoms with van der Waals surface area (Å²) >= 11 is 0. The maximum absolute atomic E-state index is 5.97. The fraction of sp³-hybridized carbons (Fsp3) is 0.500. The Morgan fingerprint density at radius 1 is 1.29 bits per heavy atom. The standard InChI is InChI=1S/C16H23N3O2/c1-5-6-10-19-16(17-13(3)18-19)12(2)21-15-9-7-8-14(11-15)20-4/h7-9,11-12H,5-6,10H2,1-4H3. The first-order valence-corrected chi connectivity index (χ1v) is 7.36. The molecule has 5 heteroatoms. The highest BCUT2D eigenvalue weighted by atomic mass is 16.5. The predicted octanol–water partition coefficient (Wildman–Crippen LogP) is 3.54. The summed E-state index contributed by atoms with van der Waals surface area (Å²) in [5.41, 5.74) is 0. The van der Waals surface area contributed by atoms with Crippen molar-refractivity contribution in [3.8, 4) is 11.5 Å². The number of ether oxygens (including phenoxy) is 2. The Balaban J connectivity index is 2.13. The maximum atomic E-state index is 5.97. The predicted molar refractivity (Wildman–Crippen MR) is 81.7 cm³/mol. The molecule has 1 unspecified atom stereocenters. The van der Waals surface area contributed by atoms with Crippen molar-refractivity contribution in [2.45, 2.75) is 46.3 Å². The molecule has 1 atom stereocenters. The van der Waals surface area contributed by atoms with Gasteiger partial charge in [-0.05, 0) is 32.4 Å². The van der Waals surface area contributed by atoms with E-state index >= 15 is 0 Å². The first-order valence-electron chi connectivity index (χ1n) is 7.36. The van der Waals surface area contributed by atoms with Crippen LogP contribution in [0, 0.1) is 6.92 Å². The molecule has 114 valence electrons. The number of unbranched alkanes of at least 4 members (excludes halogenated alkanes) is 1. The van der Waals surface area contributed by atoms with Gasteiger partial charge < -0.3 is 9.47 Å². The molecule has 1 aromatic carbocycles. The van der Waals surface area contributed by atoms with Gasteiger partial charge in [-0.15, -0.1) is 0 Å². The Morgan fingerprint density at radius 2 is 2.05 bits per heavy atom. The minimum atomic E-state index is -0.157. The minimum Gasteiger partial charge on any atom is -0.497 e. The molecule has 0 aliphatic heterocycles. The molecule has 0 saturated carbocycles. The lowest BCUT2D eigenvalue weighted by atomic mass is 10.3. The minimum absolute atomic E-state index is 0.157. The number of nitrogens with zero attached hydrogens (tertiary/aromatic N) is 3. The van der Waals surface area contributed by atoms with Crippen LogP contribution in [0.5, 0.6) is 11.5 Å². The Labute approximate surface area is 125 Å². The lowest BCUT2D eigenvalue weighted by molar-refractivity contribution is 0.207. The summed E-state index contributed by atoms with van der Waals surface area (Å²) < 4.78 is 13.1. The topological polar surface area (TPSA) is 49.2 Å². The normalized spacial score (nSPS) is 12.2. The van der Waals surface area contributed by atoms with Crippen LogP contribution in [0.3, 0.4) is 0 Å². The van der Waals surface area contributed by atoms with E-state index in [-0.39, 0.29) is 6.10 Å². The zero-order valence-electron chi connectivity index (χ0n) is 13.2. The van der Waals surface area contributed by atoms with Gasteiger partial charge in [0.1, 0.15) is 17.3 Å². The molecule has 21 heavy (non-hydrogen) atoms. The highest BCUT2D eigenvalue weighted by molar-refractivity contribution is 5.33. The van der Waals surface area contributed by atoms with E-state index in [4.69, 9.17) is 9.47 Å². The first-order chi connectivity index (χ1) is 10.1. The van der Waals surface area contributed by atoms with Gasteiger partial charge in [0.05, 0.1) is 7.11 Å². The van der Waals surface area contributed by atoms with Crippen LogP contribution in [0.1, 0.15) is 44.4 Å². The smallest absolute Gasteiger partial charge is 0.168 e. The second-order valence-corrected chi connectivity index (χ2v) is 5.03. The van der Waals surface area contributed by atoms with Crippen molar-refractivity contribution < 1.29 is 9.47 Å². The van der Waals surface area contributed by atoms with E-state index in [1.165, 1.54) is 0 Å². The number of aryl methyl sites for hydroxylation is 2. The zero-order valence-corrected chi connectivity index (χ0v) is 13.2. The number of hydrogen-bond acceptors (Lipinski definition) is 4. The third-order valence-electron chi connectivity index (χ3n) is 3.25. The second kappa shape index (κ2) is 7.11. The van der Waals surface area contributed by atoms with Gasteiger partial charge in [-0.1, -0.05) is 19.4 Å². The van der Waals surface area contributed by atoms with E-state index in [1.54, 1.807) is 7.11 Å². The molecule has 0 radical (unpaired) electrons. The Morgan fingerprint density at radius 3 is 2.76 bits per heavy atom. The molecule has 0 aliphatic rings. The fourth-order valence-corrected chi connectivity index (χ4v) is 2.18. The van der Waals surface area contributed by atoms with Gasteiger partial charge in [0.2, 0.25) is 0 Å². The molecule has 0 bridgehead atoms. The number of rotatable bonds is 7. The number of benzene rings is 1. The molecule has 0 fully saturated rings. The van der Waals surface area contributed by atoms with Crippen LogP contribution in [0.4, 0.5) is 0 Å². The summed E-state index contributed by atoms with van der Waals surface area (Å²) in [6.45, 7) is 6.94. The summed E-state index contributed by atoms with van der Waals surface area (Å²) in [5.74, 6) is 3.19. The number of methoxy groups -OCH3 is 1. The highest BCUT2D eigenvalue weighted by Gasteiger charge is 2.16. The quantitative estimate of drug-likeness (QED) is 0.782. The van der Waals surface area contributed by atoms with Crippen LogP contribution in [-0.4, -0.2) is 21.9 Å². The third-order valence-corrected chi connectivity index (χ3v) is 3.25. The lowest BCUT2D eigenvalue weighted by Gasteiger charge is -2.15. The molecule has 0 saturated heterocycles. The van der Waals surface area contributed by atoms with Crippen molar-refractivity contribution in [3.05, 3.63) is 35.9 Å². The first kappa shape index (κ1) is 15.4. The van der Waals surface area contributed by atoms with Crippen LogP contribution in [0.25, 0.3) is 0 Å². The summed E-state index contributed by atoms with van der Waals surface area (Å²) in [6.07, 6.45) is 2.06. The van der Waals surface area contributed by atoms with Gasteiger partial charge in [-0.2, -0.15) is 5.10 Å². The molecule has 1 aromatic heterocycles. The van der Waals surface area contributed by atoms with E-state index in [9.17, 15) is 0 Å². The maximum Gasteiger partial charge on any atom is 0.168 e. The largest absolute Gasteiger partial charge is 0.497 e. The second-order valence-electron chi connectivity index (χ2n) is 5.03. The van der Waals surface area contributed by atoms with E-state index in [1.807, 2.05) is 42.8 Å². The molecule has 0 aliphatic carbocycles. The van der Waals surface area contributed by atoms with Crippen molar-refractivity contribution in [2.24, 2.45) is 0 Å². The average molecular weight is 289 g/mol. The van der Waals surface area contributed by atoms with Gasteiger partial charge in [0, 0.05) is 12.6 Å². The highest BCUT2D eigenvalue weighted by Crippen LogP contribution is 2.24. The van der Waals surface area contributed by atoms with Crippen LogP contribution in [0.15, 0.2) is 24.3 Å². The molecular weight excluding hydrogens is 266 g/mol. The summed E-state index contributed by atoms with van der Waals surface area (Å²) in [4.78, 5) is 4.50. The number of aromatic nitrogens is 3. The van der Waals surface area contributed by atoms with Gasteiger partial charge in [0.15, 0.2) is 11.9 Å². The SMILES string of the molecule is CCCCn1nc(C)nc1C(C)Oc1cccc(OC)c1. The van der Waals surface area contributed by atoms with E-state index in [0.717, 1.165) is 42.5 Å². The summed E-state index contributed by atoms with van der Waals surface area (Å²) in [5, 5.41) is 4.45. The van der Waals surface area contributed by atoms with Crippen molar-refractivity contribution in [1.82, 2.24) is 14.8 Å². The molecular formula is C16H23N3O2. The molecule has 0 N–H and O–H groups in total. The van der Waals surface area contributed by atoms with Crippen LogP contribution in [0.2, 0.25) is 0 Å². The molecule has 5 nitrogen and oxygen atoms in total. The van der Waals surface area contributed by atoms with Gasteiger partial charge >= 0.3 is 0 Å². The van der Waals surface area contributed by atoms with Crippen LogP contribution < -0.4 is 9.47 Å². The van der Waals surface area contributed by atoms with E-state index in [0.29, 0.717) is 0 Å². The zero-order chi connectivity index (χ0) is 15.2. The lowest BCUT2D eigenvalue weighted by Crippen LogP contribution is -2.13. The number of hydrogen-bond donors (Lipinski definition) is 0.